The van der Waals surface area contributed by atoms with Crippen LogP contribution in [0.5, 0.6) is 0 Å². The molecule has 1 heterocycles. The van der Waals surface area contributed by atoms with Crippen molar-refractivity contribution in [1.82, 2.24) is 9.88 Å². The SMILES string of the molecule is C=CCN(C)C(=O)c1cccc2cc[nH]c12. The van der Waals surface area contributed by atoms with Gasteiger partial charge in [0, 0.05) is 25.2 Å². The summed E-state index contributed by atoms with van der Waals surface area (Å²) in [7, 11) is 1.77. The first-order valence-electron chi connectivity index (χ1n) is 5.16. The van der Waals surface area contributed by atoms with Gasteiger partial charge in [-0.05, 0) is 12.1 Å². The van der Waals surface area contributed by atoms with Crippen molar-refractivity contribution >= 4 is 16.8 Å². The van der Waals surface area contributed by atoms with Crippen LogP contribution in [0.3, 0.4) is 0 Å². The molecule has 16 heavy (non-hydrogen) atoms. The fourth-order valence-electron chi connectivity index (χ4n) is 1.75. The summed E-state index contributed by atoms with van der Waals surface area (Å²) in [6.07, 6.45) is 3.56. The maximum atomic E-state index is 12.1. The van der Waals surface area contributed by atoms with Crippen molar-refractivity contribution in [3.8, 4) is 0 Å². The summed E-state index contributed by atoms with van der Waals surface area (Å²) in [6, 6.07) is 7.67. The van der Waals surface area contributed by atoms with Crippen molar-refractivity contribution < 1.29 is 4.79 Å². The van der Waals surface area contributed by atoms with E-state index in [-0.39, 0.29) is 5.91 Å². The van der Waals surface area contributed by atoms with Gasteiger partial charge < -0.3 is 9.88 Å². The Labute approximate surface area is 94.4 Å². The third-order valence-electron chi connectivity index (χ3n) is 2.57. The second-order valence-electron chi connectivity index (χ2n) is 3.72. The van der Waals surface area contributed by atoms with Crippen molar-refractivity contribution in [3.63, 3.8) is 0 Å². The zero-order valence-corrected chi connectivity index (χ0v) is 9.23. The van der Waals surface area contributed by atoms with Gasteiger partial charge in [-0.3, -0.25) is 4.79 Å². The Kier molecular flexibility index (Phi) is 2.77. The third kappa shape index (κ3) is 1.72. The Balaban J connectivity index is 2.42. The molecule has 82 valence electrons. The van der Waals surface area contributed by atoms with Crippen LogP contribution in [-0.2, 0) is 0 Å². The largest absolute Gasteiger partial charge is 0.361 e. The van der Waals surface area contributed by atoms with E-state index in [4.69, 9.17) is 0 Å². The summed E-state index contributed by atoms with van der Waals surface area (Å²) < 4.78 is 0. The van der Waals surface area contributed by atoms with Crippen LogP contribution in [0.2, 0.25) is 0 Å². The standard InChI is InChI=1S/C13H14N2O/c1-3-9-15(2)13(16)11-6-4-5-10-7-8-14-12(10)11/h3-8,14H,1,9H2,2H3. The zero-order chi connectivity index (χ0) is 11.5. The Hall–Kier alpha value is -2.03. The fourth-order valence-corrected chi connectivity index (χ4v) is 1.75. The number of rotatable bonds is 3. The number of aromatic nitrogens is 1. The van der Waals surface area contributed by atoms with Crippen LogP contribution in [0.4, 0.5) is 0 Å². The highest BCUT2D eigenvalue weighted by atomic mass is 16.2. The lowest BCUT2D eigenvalue weighted by molar-refractivity contribution is 0.0812. The number of hydrogen-bond acceptors (Lipinski definition) is 1. The summed E-state index contributed by atoms with van der Waals surface area (Å²) in [5.74, 6) is 0.00736. The molecule has 3 heteroatoms. The Bertz CT molecular complexity index is 527. The van der Waals surface area contributed by atoms with Crippen molar-refractivity contribution in [2.75, 3.05) is 13.6 Å². The quantitative estimate of drug-likeness (QED) is 0.783. The molecule has 1 aromatic heterocycles. The second-order valence-corrected chi connectivity index (χ2v) is 3.72. The van der Waals surface area contributed by atoms with Crippen LogP contribution in [0, 0.1) is 0 Å². The number of amides is 1. The van der Waals surface area contributed by atoms with E-state index in [9.17, 15) is 4.79 Å². The maximum absolute atomic E-state index is 12.1. The Morgan fingerprint density at radius 2 is 2.31 bits per heavy atom. The first-order valence-corrected chi connectivity index (χ1v) is 5.16. The van der Waals surface area contributed by atoms with E-state index in [2.05, 4.69) is 11.6 Å². The van der Waals surface area contributed by atoms with E-state index < -0.39 is 0 Å². The molecule has 0 radical (unpaired) electrons. The van der Waals surface area contributed by atoms with E-state index >= 15 is 0 Å². The van der Waals surface area contributed by atoms with E-state index in [0.29, 0.717) is 12.1 Å². The average Bonchev–Trinajstić information content (AvgIpc) is 2.76. The molecule has 0 aliphatic rings. The number of likely N-dealkylation sites (N-methyl/N-ethyl adjacent to an activating group) is 1. The lowest BCUT2D eigenvalue weighted by Crippen LogP contribution is -2.26. The summed E-state index contributed by atoms with van der Waals surface area (Å²) >= 11 is 0. The number of aromatic amines is 1. The molecule has 0 fully saturated rings. The first-order chi connectivity index (χ1) is 7.74. The van der Waals surface area contributed by atoms with Gasteiger partial charge in [-0.1, -0.05) is 18.2 Å². The Morgan fingerprint density at radius 1 is 1.50 bits per heavy atom. The molecule has 0 unspecified atom stereocenters. The van der Waals surface area contributed by atoms with E-state index in [0.717, 1.165) is 10.9 Å². The number of hydrogen-bond donors (Lipinski definition) is 1. The predicted octanol–water partition coefficient (Wildman–Crippen LogP) is 2.43. The molecular formula is C13H14N2O. The summed E-state index contributed by atoms with van der Waals surface area (Å²) in [5.41, 5.74) is 1.59. The lowest BCUT2D eigenvalue weighted by Gasteiger charge is -2.15. The van der Waals surface area contributed by atoms with Gasteiger partial charge in [0.25, 0.3) is 5.91 Å². The number of nitrogens with zero attached hydrogens (tertiary/aromatic N) is 1. The average molecular weight is 214 g/mol. The number of carbonyl (C=O) groups excluding carboxylic acids is 1. The lowest BCUT2D eigenvalue weighted by atomic mass is 10.1. The fraction of sp³-hybridized carbons (Fsp3) is 0.154. The minimum absolute atomic E-state index is 0.00736. The Morgan fingerprint density at radius 3 is 3.06 bits per heavy atom. The molecular weight excluding hydrogens is 200 g/mol. The highest BCUT2D eigenvalue weighted by Gasteiger charge is 2.13. The molecule has 0 bridgehead atoms. The van der Waals surface area contributed by atoms with Crippen LogP contribution in [0.25, 0.3) is 10.9 Å². The molecule has 1 aromatic carbocycles. The molecule has 2 aromatic rings. The molecule has 1 N–H and O–H groups in total. The second kappa shape index (κ2) is 4.23. The van der Waals surface area contributed by atoms with Crippen LogP contribution in [-0.4, -0.2) is 29.4 Å². The smallest absolute Gasteiger partial charge is 0.256 e. The van der Waals surface area contributed by atoms with Gasteiger partial charge in [0.15, 0.2) is 0 Å². The van der Waals surface area contributed by atoms with Gasteiger partial charge in [-0.15, -0.1) is 6.58 Å². The number of H-pyrrole nitrogens is 1. The molecule has 3 nitrogen and oxygen atoms in total. The molecule has 0 spiro atoms. The minimum Gasteiger partial charge on any atom is -0.361 e. The zero-order valence-electron chi connectivity index (χ0n) is 9.23. The van der Waals surface area contributed by atoms with Gasteiger partial charge in [0.1, 0.15) is 0 Å². The van der Waals surface area contributed by atoms with Gasteiger partial charge >= 0.3 is 0 Å². The summed E-state index contributed by atoms with van der Waals surface area (Å²) in [6.45, 7) is 4.18. The molecule has 2 rings (SSSR count). The first kappa shape index (κ1) is 10.5. The highest BCUT2D eigenvalue weighted by molar-refractivity contribution is 6.05. The van der Waals surface area contributed by atoms with Crippen molar-refractivity contribution in [2.24, 2.45) is 0 Å². The molecule has 0 saturated carbocycles. The summed E-state index contributed by atoms with van der Waals surface area (Å²) in [5, 5.41) is 1.05. The maximum Gasteiger partial charge on any atom is 0.256 e. The van der Waals surface area contributed by atoms with Gasteiger partial charge in [-0.2, -0.15) is 0 Å². The number of nitrogens with one attached hydrogen (secondary N) is 1. The van der Waals surface area contributed by atoms with E-state index in [1.807, 2.05) is 30.5 Å². The molecule has 1 amide bonds. The van der Waals surface area contributed by atoms with Crippen LogP contribution in [0.1, 0.15) is 10.4 Å². The van der Waals surface area contributed by atoms with E-state index in [1.54, 1.807) is 18.0 Å². The number of fused-ring (bicyclic) bond motifs is 1. The molecule has 0 atom stereocenters. The summed E-state index contributed by atoms with van der Waals surface area (Å²) in [4.78, 5) is 16.8. The van der Waals surface area contributed by atoms with E-state index in [1.165, 1.54) is 0 Å². The topological polar surface area (TPSA) is 36.1 Å². The van der Waals surface area contributed by atoms with Gasteiger partial charge in [0.05, 0.1) is 11.1 Å². The molecule has 0 aliphatic carbocycles. The number of benzene rings is 1. The van der Waals surface area contributed by atoms with Crippen LogP contribution < -0.4 is 0 Å². The monoisotopic (exact) mass is 214 g/mol. The number of para-hydroxylation sites is 1. The third-order valence-corrected chi connectivity index (χ3v) is 2.57. The van der Waals surface area contributed by atoms with Crippen molar-refractivity contribution in [2.45, 2.75) is 0 Å². The normalized spacial score (nSPS) is 10.3. The minimum atomic E-state index is 0.00736. The van der Waals surface area contributed by atoms with Crippen LogP contribution in [0.15, 0.2) is 43.1 Å². The number of carbonyl (C=O) groups is 1. The van der Waals surface area contributed by atoms with Crippen LogP contribution >= 0.6 is 0 Å². The van der Waals surface area contributed by atoms with Gasteiger partial charge in [0.2, 0.25) is 0 Å². The van der Waals surface area contributed by atoms with Gasteiger partial charge in [-0.25, -0.2) is 0 Å². The predicted molar refractivity (Wildman–Crippen MR) is 65.5 cm³/mol. The highest BCUT2D eigenvalue weighted by Crippen LogP contribution is 2.18. The van der Waals surface area contributed by atoms with Crippen molar-refractivity contribution in [3.05, 3.63) is 48.7 Å². The molecule has 0 saturated heterocycles. The molecule has 0 aliphatic heterocycles. The van der Waals surface area contributed by atoms with Crippen molar-refractivity contribution in [1.29, 1.82) is 0 Å².